The monoisotopic (exact) mass is 389 g/mol. The molecule has 0 saturated heterocycles. The first-order chi connectivity index (χ1) is 13.6. The molecule has 4 aromatic rings. The quantitative estimate of drug-likeness (QED) is 0.523. The topological polar surface area (TPSA) is 46.9 Å². The molecule has 28 heavy (non-hydrogen) atoms. The minimum absolute atomic E-state index is 0.0956. The number of fused-ring (bicyclic) bond motifs is 1. The number of carbonyl (C=O) groups is 1. The van der Waals surface area contributed by atoms with Crippen LogP contribution in [0.25, 0.3) is 10.9 Å². The van der Waals surface area contributed by atoms with Gasteiger partial charge in [-0.3, -0.25) is 9.48 Å². The van der Waals surface area contributed by atoms with Crippen molar-refractivity contribution < 1.29 is 4.79 Å². The van der Waals surface area contributed by atoms with Gasteiger partial charge in [0.25, 0.3) is 5.91 Å². The van der Waals surface area contributed by atoms with Crippen LogP contribution in [0.2, 0.25) is 5.02 Å². The Hall–Kier alpha value is -3.11. The van der Waals surface area contributed by atoms with Crippen LogP contribution in [0.4, 0.5) is 0 Å². The zero-order valence-electron chi connectivity index (χ0n) is 15.5. The van der Waals surface area contributed by atoms with Gasteiger partial charge in [-0.15, -0.1) is 0 Å². The molecule has 140 valence electrons. The van der Waals surface area contributed by atoms with E-state index < -0.39 is 0 Å². The summed E-state index contributed by atoms with van der Waals surface area (Å²) in [6.07, 6.45) is 1.82. The van der Waals surface area contributed by atoms with Gasteiger partial charge in [0, 0.05) is 22.5 Å². The molecule has 0 bridgehead atoms. The van der Waals surface area contributed by atoms with E-state index in [9.17, 15) is 4.79 Å². The van der Waals surface area contributed by atoms with E-state index in [4.69, 9.17) is 11.6 Å². The number of hydrogen-bond acceptors (Lipinski definition) is 2. The van der Waals surface area contributed by atoms with Gasteiger partial charge in [-0.2, -0.15) is 5.10 Å². The lowest BCUT2D eigenvalue weighted by Gasteiger charge is -2.08. The second-order valence-electron chi connectivity index (χ2n) is 6.87. The number of amides is 1. The highest BCUT2D eigenvalue weighted by atomic mass is 35.5. The van der Waals surface area contributed by atoms with Crippen LogP contribution in [-0.4, -0.2) is 15.7 Å². The second kappa shape index (κ2) is 7.87. The standard InChI is InChI=1S/C23H20ClN3O/c1-16-2-4-17(5-3-16)13-25-23(28)19-8-9-20-14-26-27(22(20)12-19)15-18-6-10-21(24)11-7-18/h2-12,14H,13,15H2,1H3,(H,25,28). The van der Waals surface area contributed by atoms with Crippen molar-refractivity contribution in [2.75, 3.05) is 0 Å². The Morgan fingerprint density at radius 2 is 1.71 bits per heavy atom. The predicted octanol–water partition coefficient (Wildman–Crippen LogP) is 4.98. The maximum atomic E-state index is 12.6. The Morgan fingerprint density at radius 3 is 2.46 bits per heavy atom. The van der Waals surface area contributed by atoms with Crippen LogP contribution in [0.1, 0.15) is 27.0 Å². The van der Waals surface area contributed by atoms with Crippen LogP contribution in [-0.2, 0) is 13.1 Å². The maximum Gasteiger partial charge on any atom is 0.251 e. The second-order valence-corrected chi connectivity index (χ2v) is 7.31. The molecular formula is C23H20ClN3O. The van der Waals surface area contributed by atoms with Gasteiger partial charge in [0.05, 0.1) is 18.3 Å². The smallest absolute Gasteiger partial charge is 0.251 e. The third-order valence-corrected chi connectivity index (χ3v) is 4.98. The first-order valence-electron chi connectivity index (χ1n) is 9.12. The molecule has 0 atom stereocenters. The summed E-state index contributed by atoms with van der Waals surface area (Å²) in [4.78, 5) is 12.6. The van der Waals surface area contributed by atoms with E-state index in [-0.39, 0.29) is 5.91 Å². The number of nitrogens with zero attached hydrogens (tertiary/aromatic N) is 2. The first-order valence-corrected chi connectivity index (χ1v) is 9.50. The molecule has 0 aliphatic heterocycles. The third kappa shape index (κ3) is 4.07. The molecule has 1 N–H and O–H groups in total. The fourth-order valence-corrected chi connectivity index (χ4v) is 3.22. The molecule has 1 heterocycles. The van der Waals surface area contributed by atoms with Crippen LogP contribution in [0.15, 0.2) is 72.9 Å². The Kier molecular flexibility index (Phi) is 5.13. The number of benzene rings is 3. The van der Waals surface area contributed by atoms with E-state index in [1.807, 2.05) is 84.5 Å². The summed E-state index contributed by atoms with van der Waals surface area (Å²) in [6.45, 7) is 3.17. The van der Waals surface area contributed by atoms with Gasteiger partial charge in [-0.25, -0.2) is 0 Å². The number of hydrogen-bond donors (Lipinski definition) is 1. The molecule has 0 fully saturated rings. The molecule has 1 amide bonds. The Bertz CT molecular complexity index is 1120. The molecule has 4 nitrogen and oxygen atoms in total. The lowest BCUT2D eigenvalue weighted by molar-refractivity contribution is 0.0951. The van der Waals surface area contributed by atoms with Gasteiger partial charge in [-0.05, 0) is 42.3 Å². The minimum Gasteiger partial charge on any atom is -0.348 e. The number of carbonyl (C=O) groups excluding carboxylic acids is 1. The summed E-state index contributed by atoms with van der Waals surface area (Å²) in [6, 6.07) is 21.5. The van der Waals surface area contributed by atoms with Crippen molar-refractivity contribution in [3.05, 3.63) is 100 Å². The van der Waals surface area contributed by atoms with E-state index in [2.05, 4.69) is 10.4 Å². The number of aryl methyl sites for hydroxylation is 1. The summed E-state index contributed by atoms with van der Waals surface area (Å²) < 4.78 is 1.90. The highest BCUT2D eigenvalue weighted by Gasteiger charge is 2.10. The largest absolute Gasteiger partial charge is 0.348 e. The number of halogens is 1. The fourth-order valence-electron chi connectivity index (χ4n) is 3.09. The fraction of sp³-hybridized carbons (Fsp3) is 0.130. The normalized spacial score (nSPS) is 10.9. The number of rotatable bonds is 5. The first kappa shape index (κ1) is 18.3. The van der Waals surface area contributed by atoms with Crippen LogP contribution < -0.4 is 5.32 Å². The summed E-state index contributed by atoms with van der Waals surface area (Å²) in [7, 11) is 0. The summed E-state index contributed by atoms with van der Waals surface area (Å²) >= 11 is 5.96. The molecule has 1 aromatic heterocycles. The van der Waals surface area contributed by atoms with Crippen LogP contribution in [0, 0.1) is 6.92 Å². The van der Waals surface area contributed by atoms with E-state index in [1.165, 1.54) is 5.56 Å². The molecule has 0 saturated carbocycles. The van der Waals surface area contributed by atoms with Crippen molar-refractivity contribution in [2.24, 2.45) is 0 Å². The number of aromatic nitrogens is 2. The van der Waals surface area contributed by atoms with E-state index in [1.54, 1.807) is 0 Å². The van der Waals surface area contributed by atoms with Crippen LogP contribution >= 0.6 is 11.6 Å². The number of nitrogens with one attached hydrogen (secondary N) is 1. The molecule has 0 aliphatic carbocycles. The molecule has 0 radical (unpaired) electrons. The van der Waals surface area contributed by atoms with Gasteiger partial charge in [0.15, 0.2) is 0 Å². The lowest BCUT2D eigenvalue weighted by atomic mass is 10.1. The molecule has 4 rings (SSSR count). The van der Waals surface area contributed by atoms with Gasteiger partial charge in [0.1, 0.15) is 0 Å². The maximum absolute atomic E-state index is 12.6. The van der Waals surface area contributed by atoms with E-state index >= 15 is 0 Å². The molecule has 3 aromatic carbocycles. The van der Waals surface area contributed by atoms with E-state index in [0.29, 0.717) is 23.7 Å². The van der Waals surface area contributed by atoms with Crippen molar-refractivity contribution in [1.82, 2.24) is 15.1 Å². The summed E-state index contributed by atoms with van der Waals surface area (Å²) in [5, 5.41) is 9.16. The average molecular weight is 390 g/mol. The van der Waals surface area contributed by atoms with Crippen LogP contribution in [0.3, 0.4) is 0 Å². The Balaban J connectivity index is 1.52. The molecule has 0 spiro atoms. The van der Waals surface area contributed by atoms with Gasteiger partial charge >= 0.3 is 0 Å². The SMILES string of the molecule is Cc1ccc(CNC(=O)c2ccc3cnn(Cc4ccc(Cl)cc4)c3c2)cc1. The highest BCUT2D eigenvalue weighted by Crippen LogP contribution is 2.18. The van der Waals surface area contributed by atoms with Gasteiger partial charge in [0.2, 0.25) is 0 Å². The van der Waals surface area contributed by atoms with Crippen molar-refractivity contribution in [3.63, 3.8) is 0 Å². The zero-order chi connectivity index (χ0) is 19.5. The van der Waals surface area contributed by atoms with Crippen molar-refractivity contribution in [3.8, 4) is 0 Å². The molecule has 5 heteroatoms. The van der Waals surface area contributed by atoms with Crippen molar-refractivity contribution in [1.29, 1.82) is 0 Å². The van der Waals surface area contributed by atoms with E-state index in [0.717, 1.165) is 22.0 Å². The Labute approximate surface area is 168 Å². The van der Waals surface area contributed by atoms with Crippen molar-refractivity contribution >= 4 is 28.4 Å². The van der Waals surface area contributed by atoms with Gasteiger partial charge in [-0.1, -0.05) is 59.6 Å². The third-order valence-electron chi connectivity index (χ3n) is 4.73. The zero-order valence-corrected chi connectivity index (χ0v) is 16.3. The average Bonchev–Trinajstić information content (AvgIpc) is 3.11. The highest BCUT2D eigenvalue weighted by molar-refractivity contribution is 6.30. The Morgan fingerprint density at radius 1 is 1.00 bits per heavy atom. The molecule has 0 unspecified atom stereocenters. The minimum atomic E-state index is -0.0956. The summed E-state index contributed by atoms with van der Waals surface area (Å²) in [5.74, 6) is -0.0956. The van der Waals surface area contributed by atoms with Crippen molar-refractivity contribution in [2.45, 2.75) is 20.0 Å². The molecule has 0 aliphatic rings. The van der Waals surface area contributed by atoms with Crippen LogP contribution in [0.5, 0.6) is 0 Å². The molecular weight excluding hydrogens is 370 g/mol. The van der Waals surface area contributed by atoms with Gasteiger partial charge < -0.3 is 5.32 Å². The lowest BCUT2D eigenvalue weighted by Crippen LogP contribution is -2.22. The predicted molar refractivity (Wildman–Crippen MR) is 113 cm³/mol. The summed E-state index contributed by atoms with van der Waals surface area (Å²) in [5.41, 5.74) is 4.93.